The van der Waals surface area contributed by atoms with Crippen LogP contribution in [0, 0.1) is 6.92 Å². The summed E-state index contributed by atoms with van der Waals surface area (Å²) in [4.78, 5) is 4.66. The molecule has 0 spiro atoms. The first kappa shape index (κ1) is 11.6. The average molecular weight is 253 g/mol. The molecule has 5 heteroatoms. The quantitative estimate of drug-likeness (QED) is 0.713. The Morgan fingerprint density at radius 2 is 1.42 bits per heavy atom. The fraction of sp³-hybridized carbons (Fsp3) is 0.214. The van der Waals surface area contributed by atoms with Crippen molar-refractivity contribution in [3.05, 3.63) is 66.0 Å². The standard InChI is InChI=1S/C14H15N5/c1-12-8-13(10-18-6-2-4-15-18)17-14(9-12)11-19-7-3-5-16-19/h2-9H,10-11H2,1H3. The lowest BCUT2D eigenvalue weighted by Crippen LogP contribution is -2.07. The summed E-state index contributed by atoms with van der Waals surface area (Å²) in [6.45, 7) is 3.47. The van der Waals surface area contributed by atoms with E-state index in [1.807, 2.05) is 33.9 Å². The van der Waals surface area contributed by atoms with Gasteiger partial charge in [-0.15, -0.1) is 0 Å². The average Bonchev–Trinajstić information content (AvgIpc) is 3.01. The van der Waals surface area contributed by atoms with Gasteiger partial charge in [-0.25, -0.2) is 0 Å². The van der Waals surface area contributed by atoms with Crippen LogP contribution >= 0.6 is 0 Å². The lowest BCUT2D eigenvalue weighted by molar-refractivity contribution is 0.646. The molecule has 0 aliphatic rings. The van der Waals surface area contributed by atoms with Crippen LogP contribution < -0.4 is 0 Å². The van der Waals surface area contributed by atoms with Gasteiger partial charge < -0.3 is 0 Å². The molecule has 3 heterocycles. The molecular formula is C14H15N5. The molecular weight excluding hydrogens is 238 g/mol. The van der Waals surface area contributed by atoms with Gasteiger partial charge in [-0.2, -0.15) is 10.2 Å². The van der Waals surface area contributed by atoms with Gasteiger partial charge in [0.25, 0.3) is 0 Å². The number of hydrogen-bond donors (Lipinski definition) is 0. The molecule has 0 radical (unpaired) electrons. The van der Waals surface area contributed by atoms with Gasteiger partial charge in [-0.1, -0.05) is 0 Å². The van der Waals surface area contributed by atoms with Crippen LogP contribution in [-0.2, 0) is 13.1 Å². The molecule has 0 saturated heterocycles. The topological polar surface area (TPSA) is 48.5 Å². The number of aryl methyl sites for hydroxylation is 1. The van der Waals surface area contributed by atoms with E-state index in [0.717, 1.165) is 11.4 Å². The van der Waals surface area contributed by atoms with Crippen molar-refractivity contribution in [2.75, 3.05) is 0 Å². The maximum absolute atomic E-state index is 4.66. The minimum atomic E-state index is 0.695. The fourth-order valence-corrected chi connectivity index (χ4v) is 2.10. The highest BCUT2D eigenvalue weighted by Gasteiger charge is 2.03. The van der Waals surface area contributed by atoms with Crippen LogP contribution in [0.15, 0.2) is 49.1 Å². The molecule has 3 aromatic heterocycles. The third-order valence-electron chi connectivity index (χ3n) is 2.84. The molecule has 0 aromatic carbocycles. The SMILES string of the molecule is Cc1cc(Cn2cccn2)nc(Cn2cccn2)c1. The summed E-state index contributed by atoms with van der Waals surface area (Å²) < 4.78 is 3.75. The van der Waals surface area contributed by atoms with Crippen molar-refractivity contribution >= 4 is 0 Å². The first-order valence-corrected chi connectivity index (χ1v) is 6.21. The van der Waals surface area contributed by atoms with Crippen LogP contribution in [0.25, 0.3) is 0 Å². The predicted molar refractivity (Wildman–Crippen MR) is 71.6 cm³/mol. The van der Waals surface area contributed by atoms with E-state index in [-0.39, 0.29) is 0 Å². The molecule has 3 aromatic rings. The highest BCUT2D eigenvalue weighted by molar-refractivity contribution is 5.20. The lowest BCUT2D eigenvalue weighted by Gasteiger charge is -2.07. The van der Waals surface area contributed by atoms with Crippen LogP contribution in [0.2, 0.25) is 0 Å². The van der Waals surface area contributed by atoms with E-state index in [2.05, 4.69) is 34.2 Å². The second-order valence-electron chi connectivity index (χ2n) is 4.53. The third-order valence-corrected chi connectivity index (χ3v) is 2.84. The van der Waals surface area contributed by atoms with Gasteiger partial charge >= 0.3 is 0 Å². The Balaban J connectivity index is 1.83. The molecule has 0 fully saturated rings. The zero-order chi connectivity index (χ0) is 13.1. The van der Waals surface area contributed by atoms with E-state index in [1.165, 1.54) is 5.56 Å². The molecule has 0 saturated carbocycles. The normalized spacial score (nSPS) is 10.8. The fourth-order valence-electron chi connectivity index (χ4n) is 2.10. The van der Waals surface area contributed by atoms with Gasteiger partial charge in [-0.3, -0.25) is 14.3 Å². The third kappa shape index (κ3) is 2.88. The van der Waals surface area contributed by atoms with E-state index in [1.54, 1.807) is 12.4 Å². The molecule has 0 atom stereocenters. The molecule has 0 bridgehead atoms. The van der Waals surface area contributed by atoms with Gasteiger partial charge in [0.15, 0.2) is 0 Å². The summed E-state index contributed by atoms with van der Waals surface area (Å²) in [5, 5.41) is 8.41. The number of hydrogen-bond acceptors (Lipinski definition) is 3. The molecule has 19 heavy (non-hydrogen) atoms. The Labute approximate surface area is 111 Å². The van der Waals surface area contributed by atoms with Crippen LogP contribution in [0.3, 0.4) is 0 Å². The van der Waals surface area contributed by atoms with Gasteiger partial charge in [0.2, 0.25) is 0 Å². The molecule has 0 amide bonds. The summed E-state index contributed by atoms with van der Waals surface area (Å²) in [7, 11) is 0. The summed E-state index contributed by atoms with van der Waals surface area (Å²) in [5.74, 6) is 0. The number of nitrogens with zero attached hydrogens (tertiary/aromatic N) is 5. The summed E-state index contributed by atoms with van der Waals surface area (Å²) in [5.41, 5.74) is 3.25. The van der Waals surface area contributed by atoms with Crippen molar-refractivity contribution in [2.24, 2.45) is 0 Å². The predicted octanol–water partition coefficient (Wildman–Crippen LogP) is 1.88. The second-order valence-corrected chi connectivity index (χ2v) is 4.53. The Morgan fingerprint density at radius 1 is 0.895 bits per heavy atom. The maximum atomic E-state index is 4.66. The minimum Gasteiger partial charge on any atom is -0.267 e. The highest BCUT2D eigenvalue weighted by atomic mass is 15.3. The van der Waals surface area contributed by atoms with Crippen molar-refractivity contribution in [1.29, 1.82) is 0 Å². The van der Waals surface area contributed by atoms with E-state index in [4.69, 9.17) is 0 Å². The van der Waals surface area contributed by atoms with E-state index in [0.29, 0.717) is 13.1 Å². The molecule has 0 aliphatic carbocycles. The van der Waals surface area contributed by atoms with Crippen LogP contribution in [0.4, 0.5) is 0 Å². The van der Waals surface area contributed by atoms with Gasteiger partial charge in [0.1, 0.15) is 0 Å². The monoisotopic (exact) mass is 253 g/mol. The molecule has 96 valence electrons. The van der Waals surface area contributed by atoms with E-state index < -0.39 is 0 Å². The van der Waals surface area contributed by atoms with Crippen LogP contribution in [0.1, 0.15) is 17.0 Å². The summed E-state index contributed by atoms with van der Waals surface area (Å²) >= 11 is 0. The molecule has 0 aliphatic heterocycles. The smallest absolute Gasteiger partial charge is 0.0831 e. The van der Waals surface area contributed by atoms with Crippen LogP contribution in [0.5, 0.6) is 0 Å². The lowest BCUT2D eigenvalue weighted by atomic mass is 10.2. The molecule has 0 N–H and O–H groups in total. The van der Waals surface area contributed by atoms with Crippen molar-refractivity contribution in [3.8, 4) is 0 Å². The number of rotatable bonds is 4. The number of aromatic nitrogens is 5. The molecule has 5 nitrogen and oxygen atoms in total. The second kappa shape index (κ2) is 5.06. The minimum absolute atomic E-state index is 0.695. The Hall–Kier alpha value is -2.43. The number of pyridine rings is 1. The van der Waals surface area contributed by atoms with Crippen molar-refractivity contribution < 1.29 is 0 Å². The van der Waals surface area contributed by atoms with E-state index in [9.17, 15) is 0 Å². The first-order chi connectivity index (χ1) is 9.29. The summed E-state index contributed by atoms with van der Waals surface area (Å²) in [6, 6.07) is 8.02. The zero-order valence-electron chi connectivity index (χ0n) is 10.8. The van der Waals surface area contributed by atoms with Crippen LogP contribution in [-0.4, -0.2) is 24.5 Å². The maximum Gasteiger partial charge on any atom is 0.0831 e. The van der Waals surface area contributed by atoms with Gasteiger partial charge in [-0.05, 0) is 36.8 Å². The van der Waals surface area contributed by atoms with Gasteiger partial charge in [0, 0.05) is 24.8 Å². The Kier molecular flexibility index (Phi) is 3.10. The van der Waals surface area contributed by atoms with Crippen molar-refractivity contribution in [3.63, 3.8) is 0 Å². The first-order valence-electron chi connectivity index (χ1n) is 6.21. The molecule has 0 unspecified atom stereocenters. The Bertz CT molecular complexity index is 586. The summed E-state index contributed by atoms with van der Waals surface area (Å²) in [6.07, 6.45) is 7.44. The van der Waals surface area contributed by atoms with Crippen molar-refractivity contribution in [1.82, 2.24) is 24.5 Å². The van der Waals surface area contributed by atoms with E-state index >= 15 is 0 Å². The van der Waals surface area contributed by atoms with Gasteiger partial charge in [0.05, 0.1) is 24.5 Å². The largest absolute Gasteiger partial charge is 0.267 e. The van der Waals surface area contributed by atoms with Crippen molar-refractivity contribution in [2.45, 2.75) is 20.0 Å². The highest BCUT2D eigenvalue weighted by Crippen LogP contribution is 2.08. The zero-order valence-corrected chi connectivity index (χ0v) is 10.8. The Morgan fingerprint density at radius 3 is 1.84 bits per heavy atom. The molecule has 3 rings (SSSR count).